The Morgan fingerprint density at radius 2 is 1.97 bits per heavy atom. The van der Waals surface area contributed by atoms with E-state index in [1.54, 1.807) is 19.5 Å². The zero-order chi connectivity index (χ0) is 21.2. The third-order valence-corrected chi connectivity index (χ3v) is 8.51. The average Bonchev–Trinajstić information content (AvgIpc) is 3.27. The van der Waals surface area contributed by atoms with E-state index in [1.165, 1.54) is 6.92 Å². The van der Waals surface area contributed by atoms with Crippen molar-refractivity contribution in [2.75, 3.05) is 0 Å². The van der Waals surface area contributed by atoms with Crippen LogP contribution in [-0.2, 0) is 14.3 Å². The van der Waals surface area contributed by atoms with Crippen LogP contribution in [0.2, 0.25) is 0 Å². The van der Waals surface area contributed by atoms with Crippen LogP contribution in [0.4, 0.5) is 0 Å². The molecule has 0 amide bonds. The Morgan fingerprint density at radius 1 is 1.24 bits per heavy atom. The van der Waals surface area contributed by atoms with Crippen molar-refractivity contribution in [1.29, 1.82) is 0 Å². The van der Waals surface area contributed by atoms with Crippen LogP contribution >= 0.6 is 0 Å². The molecule has 7 heteroatoms. The van der Waals surface area contributed by atoms with Gasteiger partial charge >= 0.3 is 5.97 Å². The van der Waals surface area contributed by atoms with Gasteiger partial charge in [0.25, 0.3) is 0 Å². The second-order valence-corrected chi connectivity index (χ2v) is 9.70. The maximum atomic E-state index is 11.8. The molecule has 2 saturated carbocycles. The van der Waals surface area contributed by atoms with Crippen molar-refractivity contribution in [2.24, 2.45) is 22.7 Å². The van der Waals surface area contributed by atoms with E-state index in [2.05, 4.69) is 0 Å². The van der Waals surface area contributed by atoms with Crippen LogP contribution in [0.5, 0.6) is 0 Å². The molecule has 9 atom stereocenters. The van der Waals surface area contributed by atoms with Gasteiger partial charge in [0.05, 0.1) is 30.3 Å². The Bertz CT molecular complexity index is 759. The van der Waals surface area contributed by atoms with Gasteiger partial charge in [0, 0.05) is 29.2 Å². The van der Waals surface area contributed by atoms with Gasteiger partial charge in [-0.15, -0.1) is 0 Å². The lowest BCUT2D eigenvalue weighted by Crippen LogP contribution is -2.69. The van der Waals surface area contributed by atoms with E-state index >= 15 is 0 Å². The van der Waals surface area contributed by atoms with Crippen LogP contribution in [-0.4, -0.2) is 45.4 Å². The van der Waals surface area contributed by atoms with Crippen LogP contribution in [0.25, 0.3) is 0 Å². The lowest BCUT2D eigenvalue weighted by molar-refractivity contribution is -0.287. The van der Waals surface area contributed by atoms with Gasteiger partial charge in [0.2, 0.25) is 0 Å². The molecule has 2 heterocycles. The number of ether oxygens (including phenoxy) is 2. The maximum Gasteiger partial charge on any atom is 0.302 e. The first-order valence-electron chi connectivity index (χ1n) is 10.5. The summed E-state index contributed by atoms with van der Waals surface area (Å²) in [7, 11) is 0. The predicted molar refractivity (Wildman–Crippen MR) is 102 cm³/mol. The summed E-state index contributed by atoms with van der Waals surface area (Å²) in [6.45, 7) is 6.98. The lowest BCUT2D eigenvalue weighted by Gasteiger charge is -2.65. The molecule has 0 radical (unpaired) electrons. The first kappa shape index (κ1) is 20.8. The molecular formula is C22H32O7. The minimum atomic E-state index is -1.38. The lowest BCUT2D eigenvalue weighted by atomic mass is 9.42. The number of carbonyl (C=O) groups is 1. The number of hydrogen-bond donors (Lipinski definition) is 3. The number of rotatable bonds is 2. The minimum Gasteiger partial charge on any atom is -0.472 e. The fourth-order valence-corrected chi connectivity index (χ4v) is 6.62. The van der Waals surface area contributed by atoms with E-state index < -0.39 is 40.9 Å². The van der Waals surface area contributed by atoms with E-state index in [9.17, 15) is 20.1 Å². The molecule has 2 aliphatic carbocycles. The first-order chi connectivity index (χ1) is 13.5. The van der Waals surface area contributed by atoms with Crippen LogP contribution in [0, 0.1) is 22.7 Å². The molecule has 7 nitrogen and oxygen atoms in total. The number of fused-ring (bicyclic) bond motifs is 2. The van der Waals surface area contributed by atoms with E-state index in [4.69, 9.17) is 13.9 Å². The van der Waals surface area contributed by atoms with E-state index in [1.807, 2.05) is 19.9 Å². The topological polar surface area (TPSA) is 109 Å². The summed E-state index contributed by atoms with van der Waals surface area (Å²) in [6.07, 6.45) is 2.46. The van der Waals surface area contributed by atoms with Gasteiger partial charge < -0.3 is 29.2 Å². The number of carbonyl (C=O) groups excluding carboxylic acids is 1. The highest BCUT2D eigenvalue weighted by atomic mass is 16.6. The van der Waals surface area contributed by atoms with Crippen LogP contribution in [0.15, 0.2) is 23.0 Å². The molecule has 3 fully saturated rings. The SMILES string of the molecule is CC(=O)O[C@@H]1C[C@@]2(C)[C@H](CC[C@H](O)[C@@]2(C)O)[C@]2(C[C@@H](c3ccoc3)O[C@@H]2O)[C@H]1C. The highest BCUT2D eigenvalue weighted by Crippen LogP contribution is 2.68. The monoisotopic (exact) mass is 408 g/mol. The van der Waals surface area contributed by atoms with Crippen molar-refractivity contribution in [3.63, 3.8) is 0 Å². The second-order valence-electron chi connectivity index (χ2n) is 9.70. The van der Waals surface area contributed by atoms with E-state index in [0.29, 0.717) is 25.7 Å². The first-order valence-corrected chi connectivity index (χ1v) is 10.5. The van der Waals surface area contributed by atoms with Crippen molar-refractivity contribution in [3.8, 4) is 0 Å². The Hall–Kier alpha value is -1.41. The molecule has 1 aliphatic heterocycles. The van der Waals surface area contributed by atoms with Crippen LogP contribution < -0.4 is 0 Å². The summed E-state index contributed by atoms with van der Waals surface area (Å²) in [5.41, 5.74) is -2.01. The number of hydrogen-bond acceptors (Lipinski definition) is 7. The zero-order valence-corrected chi connectivity index (χ0v) is 17.5. The van der Waals surface area contributed by atoms with Gasteiger partial charge in [-0.05, 0) is 44.6 Å². The smallest absolute Gasteiger partial charge is 0.302 e. The molecule has 0 bridgehead atoms. The third-order valence-electron chi connectivity index (χ3n) is 8.51. The van der Waals surface area contributed by atoms with Crippen molar-refractivity contribution in [1.82, 2.24) is 0 Å². The van der Waals surface area contributed by atoms with Crippen molar-refractivity contribution < 1.29 is 34.0 Å². The summed E-state index contributed by atoms with van der Waals surface area (Å²) in [6, 6.07) is 1.83. The molecular weight excluding hydrogens is 376 g/mol. The molecule has 1 aromatic heterocycles. The second kappa shape index (κ2) is 6.80. The fraction of sp³-hybridized carbons (Fsp3) is 0.773. The minimum absolute atomic E-state index is 0.109. The number of furan rings is 1. The summed E-state index contributed by atoms with van der Waals surface area (Å²) in [4.78, 5) is 11.8. The van der Waals surface area contributed by atoms with Crippen molar-refractivity contribution in [3.05, 3.63) is 24.2 Å². The summed E-state index contributed by atoms with van der Waals surface area (Å²) in [5.74, 6) is -0.681. The molecule has 3 aliphatic rings. The Balaban J connectivity index is 1.81. The summed E-state index contributed by atoms with van der Waals surface area (Å²) in [5, 5.41) is 33.2. The molecule has 3 N–H and O–H groups in total. The molecule has 4 rings (SSSR count). The van der Waals surface area contributed by atoms with Crippen LogP contribution in [0.1, 0.15) is 65.0 Å². The largest absolute Gasteiger partial charge is 0.472 e. The van der Waals surface area contributed by atoms with Crippen molar-refractivity contribution >= 4 is 5.97 Å². The average molecular weight is 408 g/mol. The zero-order valence-electron chi connectivity index (χ0n) is 17.5. The summed E-state index contributed by atoms with van der Waals surface area (Å²) < 4.78 is 16.9. The van der Waals surface area contributed by atoms with Crippen molar-refractivity contribution in [2.45, 2.75) is 83.6 Å². The van der Waals surface area contributed by atoms with Gasteiger partial charge in [-0.1, -0.05) is 13.8 Å². The Kier molecular flexibility index (Phi) is 4.89. The summed E-state index contributed by atoms with van der Waals surface area (Å²) >= 11 is 0. The number of aliphatic hydroxyl groups excluding tert-OH is 2. The molecule has 1 aromatic rings. The molecule has 162 valence electrons. The fourth-order valence-electron chi connectivity index (χ4n) is 6.62. The number of aliphatic hydroxyl groups is 3. The van der Waals surface area contributed by atoms with Gasteiger partial charge in [0.15, 0.2) is 6.29 Å². The highest BCUT2D eigenvalue weighted by molar-refractivity contribution is 5.66. The highest BCUT2D eigenvalue weighted by Gasteiger charge is 2.71. The number of esters is 1. The third kappa shape index (κ3) is 2.81. The molecule has 1 saturated heterocycles. The molecule has 0 aromatic carbocycles. The molecule has 1 spiro atoms. The molecule has 29 heavy (non-hydrogen) atoms. The van der Waals surface area contributed by atoms with E-state index in [0.717, 1.165) is 5.56 Å². The van der Waals surface area contributed by atoms with Gasteiger partial charge in [-0.25, -0.2) is 0 Å². The quantitative estimate of drug-likeness (QED) is 0.645. The normalized spacial score (nSPS) is 49.8. The van der Waals surface area contributed by atoms with Crippen LogP contribution in [0.3, 0.4) is 0 Å². The Morgan fingerprint density at radius 3 is 2.59 bits per heavy atom. The molecule has 0 unspecified atom stereocenters. The van der Waals surface area contributed by atoms with Gasteiger partial charge in [-0.2, -0.15) is 0 Å². The standard InChI is InChI=1S/C22H32O7/c1-12-15(28-13(2)23)9-20(3)17(5-6-18(24)21(20,4)26)22(12)10-16(29-19(22)25)14-7-8-27-11-14/h7-8,11-12,15-19,24-26H,5-6,9-10H2,1-4H3/t12-,15+,16-,17-,18-,19-,20-,21+,22-/m0/s1. The van der Waals surface area contributed by atoms with E-state index in [-0.39, 0.29) is 17.9 Å². The Labute approximate surface area is 171 Å². The van der Waals surface area contributed by atoms with Gasteiger partial charge in [-0.3, -0.25) is 4.79 Å². The van der Waals surface area contributed by atoms with Gasteiger partial charge in [0.1, 0.15) is 6.10 Å². The predicted octanol–water partition coefficient (Wildman–Crippen LogP) is 2.55. The maximum absolute atomic E-state index is 11.8.